The molecule has 1 saturated heterocycles. The topological polar surface area (TPSA) is 132 Å². The van der Waals surface area contributed by atoms with Crippen LogP contribution in [0.4, 0.5) is 0 Å². The maximum absolute atomic E-state index is 13.3. The lowest BCUT2D eigenvalue weighted by atomic mass is 9.78. The van der Waals surface area contributed by atoms with E-state index in [0.717, 1.165) is 34.7 Å². The Morgan fingerprint density at radius 2 is 1.77 bits per heavy atom. The number of pyridine rings is 1. The summed E-state index contributed by atoms with van der Waals surface area (Å²) in [6.45, 7) is 5.26. The van der Waals surface area contributed by atoms with Crippen LogP contribution in [-0.2, 0) is 27.4 Å². The van der Waals surface area contributed by atoms with Crippen LogP contribution >= 0.6 is 22.9 Å². The molecule has 0 unspecified atom stereocenters. The van der Waals surface area contributed by atoms with E-state index in [1.54, 1.807) is 34.5 Å². The van der Waals surface area contributed by atoms with Gasteiger partial charge in [-0.3, -0.25) is 19.4 Å². The minimum Gasteiger partial charge on any atom is -0.460 e. The number of rotatable bonds is 11. The van der Waals surface area contributed by atoms with Crippen LogP contribution in [0.2, 0.25) is 5.02 Å². The van der Waals surface area contributed by atoms with Crippen molar-refractivity contribution in [2.75, 3.05) is 13.1 Å². The lowest BCUT2D eigenvalue weighted by molar-refractivity contribution is -0.155. The van der Waals surface area contributed by atoms with Crippen LogP contribution < -0.4 is 5.32 Å². The predicted octanol–water partition coefficient (Wildman–Crippen LogP) is 6.67. The Balaban J connectivity index is 0.863. The fourth-order valence-corrected chi connectivity index (χ4v) is 7.79. The molecule has 0 spiro atoms. The van der Waals surface area contributed by atoms with Crippen molar-refractivity contribution in [3.8, 4) is 16.9 Å². The molecule has 268 valence electrons. The average molecular weight is 738 g/mol. The number of likely N-dealkylation sites (tertiary alicyclic amines) is 1. The molecule has 2 aliphatic rings. The zero-order valence-corrected chi connectivity index (χ0v) is 30.6. The summed E-state index contributed by atoms with van der Waals surface area (Å²) >= 11 is 7.71. The number of amides is 2. The summed E-state index contributed by atoms with van der Waals surface area (Å²) in [5, 5.41) is 15.4. The van der Waals surface area contributed by atoms with Crippen LogP contribution in [0.3, 0.4) is 0 Å². The first-order valence-corrected chi connectivity index (χ1v) is 18.8. The van der Waals surface area contributed by atoms with E-state index in [2.05, 4.69) is 26.0 Å². The van der Waals surface area contributed by atoms with Crippen LogP contribution in [0.25, 0.3) is 16.9 Å². The Morgan fingerprint density at radius 1 is 1.02 bits per heavy atom. The smallest absolute Gasteiger partial charge is 0.312 e. The number of nitrogens with zero attached hydrogens (tertiary/aromatic N) is 6. The molecular formula is C39H40ClN7O4S. The highest BCUT2D eigenvalue weighted by atomic mass is 35.5. The summed E-state index contributed by atoms with van der Waals surface area (Å²) in [7, 11) is 0. The molecule has 1 saturated carbocycles. The molecule has 3 aromatic heterocycles. The van der Waals surface area contributed by atoms with E-state index >= 15 is 0 Å². The van der Waals surface area contributed by atoms with Gasteiger partial charge < -0.3 is 15.0 Å². The highest BCUT2D eigenvalue weighted by Gasteiger charge is 2.39. The Morgan fingerprint density at radius 3 is 2.52 bits per heavy atom. The molecule has 7 rings (SSSR count). The molecule has 13 heteroatoms. The second-order valence-electron chi connectivity index (χ2n) is 14.2. The molecule has 1 aliphatic carbocycles. The van der Waals surface area contributed by atoms with Gasteiger partial charge in [-0.2, -0.15) is 0 Å². The van der Waals surface area contributed by atoms with E-state index in [0.29, 0.717) is 60.2 Å². The molecule has 0 atom stereocenters. The van der Waals surface area contributed by atoms with Gasteiger partial charge in [-0.05, 0) is 63.3 Å². The van der Waals surface area contributed by atoms with Crippen LogP contribution in [0, 0.1) is 11.3 Å². The highest BCUT2D eigenvalue weighted by molar-refractivity contribution is 7.10. The third-order valence-corrected chi connectivity index (χ3v) is 11.1. The third-order valence-electron chi connectivity index (χ3n) is 9.82. The van der Waals surface area contributed by atoms with Gasteiger partial charge in [0.05, 0.1) is 45.5 Å². The molecule has 0 radical (unpaired) electrons. The number of thiazole rings is 1. The Hall–Kier alpha value is -4.94. The molecule has 5 aromatic rings. The SMILES string of the molecule is CC(C)(Cc1cn(-c2cncc(C(=O)NC3CC(C(=O)N4CCC(c5nc(-c6ccc(Cl)cc6)cs5)CC4)C3)c2)nn1)C(=O)OCc1ccccc1. The standard InChI is InChI=1S/C39H40ClN7O4S/c1-39(2,38(50)51-23-25-6-4-3-5-7-25)19-32-22-47(45-44-32)33-18-29(20-41-21-33)35(48)42-31-16-28(17-31)37(49)46-14-12-27(13-15-46)36-43-34(24-52-36)26-8-10-30(40)11-9-26/h3-11,18,20-22,24,27-28,31H,12-17,19,23H2,1-2H3,(H,42,48). The molecule has 52 heavy (non-hydrogen) atoms. The number of piperidine rings is 1. The lowest BCUT2D eigenvalue weighted by Crippen LogP contribution is -2.51. The molecule has 2 aromatic carbocycles. The number of hydrogen-bond donors (Lipinski definition) is 1. The fourth-order valence-electron chi connectivity index (χ4n) is 6.67. The van der Waals surface area contributed by atoms with E-state index in [1.807, 2.05) is 73.3 Å². The Bertz CT molecular complexity index is 2030. The number of benzene rings is 2. The number of halogens is 1. The number of nitrogens with one attached hydrogen (secondary N) is 1. The van der Waals surface area contributed by atoms with Gasteiger partial charge >= 0.3 is 5.97 Å². The monoisotopic (exact) mass is 737 g/mol. The van der Waals surface area contributed by atoms with Gasteiger partial charge in [0, 0.05) is 59.6 Å². The molecule has 1 N–H and O–H groups in total. The van der Waals surface area contributed by atoms with Gasteiger partial charge in [-0.1, -0.05) is 59.3 Å². The second kappa shape index (κ2) is 15.3. The van der Waals surface area contributed by atoms with E-state index in [9.17, 15) is 14.4 Å². The van der Waals surface area contributed by atoms with Crippen molar-refractivity contribution in [2.45, 2.75) is 64.5 Å². The Labute approximate surface area is 311 Å². The lowest BCUT2D eigenvalue weighted by Gasteiger charge is -2.40. The summed E-state index contributed by atoms with van der Waals surface area (Å²) in [6.07, 6.45) is 8.17. The van der Waals surface area contributed by atoms with Gasteiger partial charge in [-0.25, -0.2) is 9.67 Å². The second-order valence-corrected chi connectivity index (χ2v) is 15.6. The number of esters is 1. The molecule has 11 nitrogen and oxygen atoms in total. The minimum absolute atomic E-state index is 0.0777. The van der Waals surface area contributed by atoms with E-state index in [1.165, 1.54) is 6.20 Å². The van der Waals surface area contributed by atoms with Gasteiger partial charge in [0.15, 0.2) is 0 Å². The van der Waals surface area contributed by atoms with Gasteiger partial charge in [0.2, 0.25) is 5.91 Å². The van der Waals surface area contributed by atoms with E-state index < -0.39 is 5.41 Å². The maximum Gasteiger partial charge on any atom is 0.312 e. The van der Waals surface area contributed by atoms with Gasteiger partial charge in [-0.15, -0.1) is 16.4 Å². The van der Waals surface area contributed by atoms with E-state index in [4.69, 9.17) is 21.3 Å². The number of carbonyl (C=O) groups is 3. The number of ether oxygens (including phenoxy) is 1. The average Bonchev–Trinajstić information content (AvgIpc) is 3.83. The summed E-state index contributed by atoms with van der Waals surface area (Å²) in [5.41, 5.74) is 3.68. The minimum atomic E-state index is -0.820. The van der Waals surface area contributed by atoms with Crippen molar-refractivity contribution in [3.63, 3.8) is 0 Å². The molecule has 0 bridgehead atoms. The summed E-state index contributed by atoms with van der Waals surface area (Å²) in [6, 6.07) is 18.9. The van der Waals surface area contributed by atoms with Crippen molar-refractivity contribution < 1.29 is 19.1 Å². The molecule has 1 aliphatic heterocycles. The largest absolute Gasteiger partial charge is 0.460 e. The fraction of sp³-hybridized carbons (Fsp3) is 0.359. The van der Waals surface area contributed by atoms with Gasteiger partial charge in [0.1, 0.15) is 6.61 Å². The van der Waals surface area contributed by atoms with Crippen molar-refractivity contribution in [1.29, 1.82) is 0 Å². The Kier molecular flexibility index (Phi) is 10.5. The first-order valence-electron chi connectivity index (χ1n) is 17.5. The summed E-state index contributed by atoms with van der Waals surface area (Å²) < 4.78 is 7.10. The third kappa shape index (κ3) is 8.24. The van der Waals surface area contributed by atoms with Crippen LogP contribution in [0.5, 0.6) is 0 Å². The zero-order valence-electron chi connectivity index (χ0n) is 29.1. The van der Waals surface area contributed by atoms with E-state index in [-0.39, 0.29) is 36.4 Å². The molecule has 2 fully saturated rings. The zero-order chi connectivity index (χ0) is 36.2. The quantitative estimate of drug-likeness (QED) is 0.149. The maximum atomic E-state index is 13.3. The number of carbonyl (C=O) groups excluding carboxylic acids is 3. The van der Waals surface area contributed by atoms with Crippen molar-refractivity contribution in [1.82, 2.24) is 35.2 Å². The molecule has 4 heterocycles. The van der Waals surface area contributed by atoms with Crippen LogP contribution in [0.1, 0.15) is 72.1 Å². The number of hydrogen-bond acceptors (Lipinski definition) is 9. The normalized spacial score (nSPS) is 17.7. The first kappa shape index (κ1) is 35.5. The molecule has 2 amide bonds. The number of aromatic nitrogens is 5. The van der Waals surface area contributed by atoms with Crippen LogP contribution in [-0.4, -0.2) is 66.8 Å². The van der Waals surface area contributed by atoms with Crippen molar-refractivity contribution in [3.05, 3.63) is 111 Å². The van der Waals surface area contributed by atoms with Gasteiger partial charge in [0.25, 0.3) is 5.91 Å². The predicted molar refractivity (Wildman–Crippen MR) is 198 cm³/mol. The summed E-state index contributed by atoms with van der Waals surface area (Å²) in [4.78, 5) is 50.4. The highest BCUT2D eigenvalue weighted by Crippen LogP contribution is 2.36. The van der Waals surface area contributed by atoms with Crippen molar-refractivity contribution in [2.24, 2.45) is 11.3 Å². The first-order chi connectivity index (χ1) is 25.1. The summed E-state index contributed by atoms with van der Waals surface area (Å²) in [5.74, 6) is -0.153. The molecular weight excluding hydrogens is 698 g/mol. The van der Waals surface area contributed by atoms with Crippen molar-refractivity contribution >= 4 is 40.7 Å². The van der Waals surface area contributed by atoms with Crippen LogP contribution in [0.15, 0.2) is 84.6 Å².